The molecule has 1 heterocycles. The highest BCUT2D eigenvalue weighted by Crippen LogP contribution is 2.43. The summed E-state index contributed by atoms with van der Waals surface area (Å²) in [5.74, 6) is -0.325. The second kappa shape index (κ2) is 6.27. The summed E-state index contributed by atoms with van der Waals surface area (Å²) in [5, 5.41) is 8.85. The van der Waals surface area contributed by atoms with Crippen molar-refractivity contribution < 1.29 is 9.59 Å². The summed E-state index contributed by atoms with van der Waals surface area (Å²) in [5.41, 5.74) is 1.29. The molecule has 0 bridgehead atoms. The second-order valence-electron chi connectivity index (χ2n) is 8.25. The molecule has 0 aliphatic carbocycles. The molecule has 0 saturated carbocycles. The van der Waals surface area contributed by atoms with E-state index in [9.17, 15) is 9.59 Å². The maximum absolute atomic E-state index is 13.3. The summed E-state index contributed by atoms with van der Waals surface area (Å²) < 4.78 is 0. The third kappa shape index (κ3) is 2.15. The number of nitrogens with zero attached hydrogens (tertiary/aromatic N) is 1. The number of rotatable bonds is 4. The number of benzene rings is 5. The van der Waals surface area contributed by atoms with Crippen LogP contribution in [-0.2, 0) is 0 Å². The molecule has 0 unspecified atom stereocenters. The van der Waals surface area contributed by atoms with Gasteiger partial charge in [-0.05, 0) is 56.3 Å². The van der Waals surface area contributed by atoms with E-state index in [0.29, 0.717) is 17.7 Å². The Morgan fingerprint density at radius 3 is 1.77 bits per heavy atom. The molecule has 146 valence electrons. The molecule has 0 N–H and O–H groups in total. The van der Waals surface area contributed by atoms with Gasteiger partial charge in [0.1, 0.15) is 0 Å². The van der Waals surface area contributed by atoms with E-state index in [-0.39, 0.29) is 11.8 Å². The number of fused-ring (bicyclic) bond motifs is 2. The molecule has 5 aromatic rings. The van der Waals surface area contributed by atoms with E-state index < -0.39 is 0 Å². The average molecular weight is 391 g/mol. The van der Waals surface area contributed by atoms with E-state index >= 15 is 0 Å². The van der Waals surface area contributed by atoms with Crippen molar-refractivity contribution in [2.75, 3.05) is 6.54 Å². The molecular formula is C27H21NO2. The van der Waals surface area contributed by atoms with Crippen LogP contribution in [0.1, 0.15) is 46.9 Å². The Labute approximate surface area is 174 Å². The zero-order chi connectivity index (χ0) is 20.4. The third-order valence-corrected chi connectivity index (χ3v) is 6.58. The quantitative estimate of drug-likeness (QED) is 0.151. The van der Waals surface area contributed by atoms with Gasteiger partial charge >= 0.3 is 0 Å². The molecule has 0 atom stereocenters. The highest BCUT2D eigenvalue weighted by atomic mass is 16.2. The monoisotopic (exact) mass is 391 g/mol. The van der Waals surface area contributed by atoms with Gasteiger partial charge in [-0.3, -0.25) is 14.5 Å². The van der Waals surface area contributed by atoms with Crippen LogP contribution >= 0.6 is 0 Å². The van der Waals surface area contributed by atoms with Crippen molar-refractivity contribution in [2.45, 2.75) is 26.2 Å². The van der Waals surface area contributed by atoms with E-state index in [0.717, 1.165) is 40.8 Å². The fourth-order valence-corrected chi connectivity index (χ4v) is 5.20. The minimum atomic E-state index is -0.163. The first-order valence-electron chi connectivity index (χ1n) is 10.7. The Hall–Kier alpha value is -3.46. The van der Waals surface area contributed by atoms with Gasteiger partial charge in [-0.2, -0.15) is 0 Å². The smallest absolute Gasteiger partial charge is 0.261 e. The van der Waals surface area contributed by atoms with E-state index in [1.807, 2.05) is 12.1 Å². The molecule has 2 amide bonds. The fourth-order valence-electron chi connectivity index (χ4n) is 5.20. The molecular weight excluding hydrogens is 370 g/mol. The molecule has 30 heavy (non-hydrogen) atoms. The van der Waals surface area contributed by atoms with Crippen LogP contribution in [0, 0.1) is 0 Å². The molecule has 0 spiro atoms. The number of carbonyl (C=O) groups excluding carboxylic acids is 2. The first kappa shape index (κ1) is 17.4. The Balaban J connectivity index is 1.71. The van der Waals surface area contributed by atoms with Crippen molar-refractivity contribution in [3.63, 3.8) is 0 Å². The molecule has 3 nitrogen and oxygen atoms in total. The van der Waals surface area contributed by atoms with Crippen LogP contribution in [0.3, 0.4) is 0 Å². The maximum atomic E-state index is 13.3. The van der Waals surface area contributed by atoms with Crippen molar-refractivity contribution in [1.29, 1.82) is 0 Å². The van der Waals surface area contributed by atoms with Crippen LogP contribution in [0.2, 0.25) is 0 Å². The average Bonchev–Trinajstić information content (AvgIpc) is 2.78. The molecule has 1 aliphatic rings. The lowest BCUT2D eigenvalue weighted by atomic mass is 9.85. The summed E-state index contributed by atoms with van der Waals surface area (Å²) in [4.78, 5) is 28.0. The van der Waals surface area contributed by atoms with Crippen LogP contribution in [0.5, 0.6) is 0 Å². The molecule has 0 radical (unpaired) electrons. The highest BCUT2D eigenvalue weighted by molar-refractivity contribution is 6.38. The number of hydrogen-bond acceptors (Lipinski definition) is 2. The van der Waals surface area contributed by atoms with Crippen LogP contribution in [0.4, 0.5) is 0 Å². The topological polar surface area (TPSA) is 37.4 Å². The van der Waals surface area contributed by atoms with Crippen molar-refractivity contribution in [3.8, 4) is 0 Å². The van der Waals surface area contributed by atoms with Crippen molar-refractivity contribution in [3.05, 3.63) is 71.8 Å². The van der Waals surface area contributed by atoms with Gasteiger partial charge in [0, 0.05) is 23.1 Å². The molecule has 1 aliphatic heterocycles. The normalized spacial score (nSPS) is 14.1. The number of imide groups is 1. The minimum Gasteiger partial charge on any atom is -0.274 e. The lowest BCUT2D eigenvalue weighted by Crippen LogP contribution is -2.40. The molecule has 3 heteroatoms. The summed E-state index contributed by atoms with van der Waals surface area (Å²) in [6, 6.07) is 20.7. The Morgan fingerprint density at radius 2 is 1.20 bits per heavy atom. The predicted octanol–water partition coefficient (Wildman–Crippen LogP) is 6.52. The van der Waals surface area contributed by atoms with E-state index in [1.54, 1.807) is 0 Å². The Kier molecular flexibility index (Phi) is 3.64. The van der Waals surface area contributed by atoms with Gasteiger partial charge in [-0.1, -0.05) is 68.3 Å². The van der Waals surface area contributed by atoms with Crippen molar-refractivity contribution >= 4 is 54.9 Å². The van der Waals surface area contributed by atoms with Crippen LogP contribution < -0.4 is 0 Å². The number of hydrogen-bond donors (Lipinski definition) is 0. The van der Waals surface area contributed by atoms with Crippen LogP contribution in [0.25, 0.3) is 43.1 Å². The Bertz CT molecular complexity index is 1400. The molecule has 5 aromatic carbocycles. The van der Waals surface area contributed by atoms with Gasteiger partial charge in [0.25, 0.3) is 11.8 Å². The molecule has 0 aromatic heterocycles. The van der Waals surface area contributed by atoms with Gasteiger partial charge in [0.15, 0.2) is 0 Å². The third-order valence-electron chi connectivity index (χ3n) is 6.58. The van der Waals surface area contributed by atoms with Crippen LogP contribution in [0.15, 0.2) is 60.7 Å². The first-order valence-corrected chi connectivity index (χ1v) is 10.7. The van der Waals surface area contributed by atoms with E-state index in [2.05, 4.69) is 55.5 Å². The lowest BCUT2D eigenvalue weighted by Gasteiger charge is -2.28. The summed E-state index contributed by atoms with van der Waals surface area (Å²) >= 11 is 0. The fraction of sp³-hybridized carbons (Fsp3) is 0.185. The largest absolute Gasteiger partial charge is 0.274 e. The molecule has 6 rings (SSSR count). The predicted molar refractivity (Wildman–Crippen MR) is 123 cm³/mol. The number of carbonyl (C=O) groups is 2. The minimum absolute atomic E-state index is 0.163. The zero-order valence-corrected chi connectivity index (χ0v) is 16.9. The number of unbranched alkanes of at least 4 members (excludes halogenated alkanes) is 2. The highest BCUT2D eigenvalue weighted by Gasteiger charge is 2.33. The standard InChI is InChI=1S/C27H21NO2/c1-2-3-4-15-28-26(29)21-13-11-19-17-9-5-7-16-8-6-10-18(23(16)17)20-12-14-22(27(28)30)25(21)24(19)20/h5-14H,2-4,15H2,1H3. The number of amides is 2. The maximum Gasteiger partial charge on any atom is 0.261 e. The van der Waals surface area contributed by atoms with Gasteiger partial charge in [-0.25, -0.2) is 0 Å². The SMILES string of the molecule is CCCCCN1C(=O)c2ccc3c4cccc5cccc(c6ccc(c2c36)C1=O)c54. The van der Waals surface area contributed by atoms with Gasteiger partial charge in [0.05, 0.1) is 0 Å². The van der Waals surface area contributed by atoms with E-state index in [1.165, 1.54) is 26.4 Å². The Morgan fingerprint density at radius 1 is 0.633 bits per heavy atom. The summed E-state index contributed by atoms with van der Waals surface area (Å²) in [6.07, 6.45) is 2.91. The second-order valence-corrected chi connectivity index (χ2v) is 8.25. The van der Waals surface area contributed by atoms with Crippen molar-refractivity contribution in [2.24, 2.45) is 0 Å². The lowest BCUT2D eigenvalue weighted by molar-refractivity contribution is 0.0608. The van der Waals surface area contributed by atoms with Gasteiger partial charge in [0.2, 0.25) is 0 Å². The summed E-state index contributed by atoms with van der Waals surface area (Å²) in [6.45, 7) is 2.61. The van der Waals surface area contributed by atoms with Gasteiger partial charge in [-0.15, -0.1) is 0 Å². The van der Waals surface area contributed by atoms with E-state index in [4.69, 9.17) is 0 Å². The molecule has 0 fully saturated rings. The zero-order valence-electron chi connectivity index (χ0n) is 16.9. The van der Waals surface area contributed by atoms with Crippen molar-refractivity contribution in [1.82, 2.24) is 4.90 Å². The van der Waals surface area contributed by atoms with Gasteiger partial charge < -0.3 is 0 Å². The molecule has 0 saturated heterocycles. The first-order chi connectivity index (χ1) is 14.7. The van der Waals surface area contributed by atoms with Crippen LogP contribution in [-0.4, -0.2) is 23.3 Å². The summed E-state index contributed by atoms with van der Waals surface area (Å²) in [7, 11) is 0.